The highest BCUT2D eigenvalue weighted by Crippen LogP contribution is 2.26. The molecule has 28 heavy (non-hydrogen) atoms. The first-order valence-electron chi connectivity index (χ1n) is 9.02. The summed E-state index contributed by atoms with van der Waals surface area (Å²) in [5.74, 6) is 1.44. The van der Waals surface area contributed by atoms with E-state index in [1.807, 2.05) is 29.6 Å². The molecule has 0 aromatic carbocycles. The first-order chi connectivity index (χ1) is 13.7. The van der Waals surface area contributed by atoms with Gasteiger partial charge in [0.1, 0.15) is 17.8 Å². The zero-order chi connectivity index (χ0) is 19.3. The van der Waals surface area contributed by atoms with E-state index in [0.29, 0.717) is 18.2 Å². The number of carbonyl (C=O) groups is 1. The van der Waals surface area contributed by atoms with Gasteiger partial charge in [-0.3, -0.25) is 4.79 Å². The molecule has 8 nitrogen and oxygen atoms in total. The first-order valence-corrected chi connectivity index (χ1v) is 9.90. The Bertz CT molecular complexity index is 932. The largest absolute Gasteiger partial charge is 0.481 e. The molecule has 9 heteroatoms. The van der Waals surface area contributed by atoms with Crippen LogP contribution in [0.15, 0.2) is 42.0 Å². The van der Waals surface area contributed by atoms with Gasteiger partial charge >= 0.3 is 0 Å². The molecule has 0 spiro atoms. The number of nitrogens with zero attached hydrogens (tertiary/aromatic N) is 5. The van der Waals surface area contributed by atoms with E-state index in [0.717, 1.165) is 35.8 Å². The number of rotatable bonds is 5. The fourth-order valence-corrected chi connectivity index (χ4v) is 3.89. The third kappa shape index (κ3) is 4.09. The second-order valence-corrected chi connectivity index (χ2v) is 7.42. The van der Waals surface area contributed by atoms with Gasteiger partial charge in [-0.25, -0.2) is 9.97 Å². The van der Waals surface area contributed by atoms with Crippen LogP contribution < -0.4 is 15.0 Å². The lowest BCUT2D eigenvalue weighted by molar-refractivity contribution is -0.120. The minimum Gasteiger partial charge on any atom is -0.481 e. The zero-order valence-electron chi connectivity index (χ0n) is 15.4. The fourth-order valence-electron chi connectivity index (χ4n) is 3.20. The summed E-state index contributed by atoms with van der Waals surface area (Å²) >= 11 is 1.64. The molecule has 4 rings (SSSR count). The molecule has 144 valence electrons. The smallest absolute Gasteiger partial charge is 0.230 e. The summed E-state index contributed by atoms with van der Waals surface area (Å²) in [5.41, 5.74) is 0.864. The number of nitrogens with one attached hydrogen (secondary N) is 1. The third-order valence-electron chi connectivity index (χ3n) is 4.64. The Balaban J connectivity index is 1.41. The number of aromatic nitrogens is 4. The third-order valence-corrected chi connectivity index (χ3v) is 5.54. The van der Waals surface area contributed by atoms with Gasteiger partial charge in [0.15, 0.2) is 5.82 Å². The van der Waals surface area contributed by atoms with Gasteiger partial charge in [0.25, 0.3) is 0 Å². The summed E-state index contributed by atoms with van der Waals surface area (Å²) < 4.78 is 5.07. The summed E-state index contributed by atoms with van der Waals surface area (Å²) in [5, 5.41) is 13.6. The lowest BCUT2D eigenvalue weighted by Crippen LogP contribution is -2.41. The van der Waals surface area contributed by atoms with Crippen molar-refractivity contribution < 1.29 is 9.53 Å². The molecule has 1 amide bonds. The van der Waals surface area contributed by atoms with Crippen LogP contribution in [0.2, 0.25) is 0 Å². The van der Waals surface area contributed by atoms with Crippen molar-refractivity contribution in [2.45, 2.75) is 12.8 Å². The molecule has 1 aliphatic heterocycles. The topological polar surface area (TPSA) is 93.1 Å². The molecule has 0 bridgehead atoms. The molecule has 1 unspecified atom stereocenters. The van der Waals surface area contributed by atoms with Crippen molar-refractivity contribution in [2.75, 3.05) is 30.4 Å². The molecule has 4 heterocycles. The molecule has 1 atom stereocenters. The first kappa shape index (κ1) is 18.3. The van der Waals surface area contributed by atoms with Gasteiger partial charge in [-0.1, -0.05) is 6.07 Å². The summed E-state index contributed by atoms with van der Waals surface area (Å²) in [7, 11) is 1.53. The molecule has 1 fully saturated rings. The maximum Gasteiger partial charge on any atom is 0.230 e. The molecular weight excluding hydrogens is 376 g/mol. The number of carbonyl (C=O) groups excluding carboxylic acids is 1. The van der Waals surface area contributed by atoms with Gasteiger partial charge in [-0.15, -0.1) is 21.5 Å². The second-order valence-electron chi connectivity index (χ2n) is 6.47. The highest BCUT2D eigenvalue weighted by atomic mass is 32.1. The Hall–Kier alpha value is -3.07. The van der Waals surface area contributed by atoms with E-state index in [4.69, 9.17) is 4.74 Å². The SMILES string of the molecule is COc1cc(NC(=O)C2CCCN(c3ccc(-c4cccs4)nn3)C2)ncn1. The minimum absolute atomic E-state index is 0.0615. The van der Waals surface area contributed by atoms with Gasteiger partial charge in [-0.2, -0.15) is 0 Å². The van der Waals surface area contributed by atoms with Crippen molar-refractivity contribution in [2.24, 2.45) is 5.92 Å². The fraction of sp³-hybridized carbons (Fsp3) is 0.316. The maximum absolute atomic E-state index is 12.7. The van der Waals surface area contributed by atoms with E-state index in [-0.39, 0.29) is 11.8 Å². The summed E-state index contributed by atoms with van der Waals surface area (Å²) in [6, 6.07) is 9.57. The molecular formula is C19H20N6O2S. The van der Waals surface area contributed by atoms with Crippen molar-refractivity contribution in [1.82, 2.24) is 20.2 Å². The monoisotopic (exact) mass is 396 g/mol. The van der Waals surface area contributed by atoms with Crippen molar-refractivity contribution in [1.29, 1.82) is 0 Å². The standard InChI is InChI=1S/C19H20N6O2S/c1-27-18-10-16(20-12-21-18)22-19(26)13-4-2-8-25(11-13)17-7-6-14(23-24-17)15-5-3-9-28-15/h3,5-7,9-10,12-13H,2,4,8,11H2,1H3,(H,20,21,22,26). The minimum atomic E-state index is -0.145. The van der Waals surface area contributed by atoms with E-state index in [9.17, 15) is 4.79 Å². The average molecular weight is 396 g/mol. The number of ether oxygens (including phenoxy) is 1. The number of piperidine rings is 1. The number of amides is 1. The Morgan fingerprint density at radius 3 is 2.96 bits per heavy atom. The van der Waals surface area contributed by atoms with Crippen LogP contribution in [-0.4, -0.2) is 46.3 Å². The molecule has 3 aromatic rings. The van der Waals surface area contributed by atoms with Crippen LogP contribution in [0.5, 0.6) is 5.88 Å². The number of thiophene rings is 1. The Morgan fingerprint density at radius 1 is 1.29 bits per heavy atom. The molecule has 3 aromatic heterocycles. The van der Waals surface area contributed by atoms with Gasteiger partial charge in [0.05, 0.1) is 17.9 Å². The van der Waals surface area contributed by atoms with E-state index in [2.05, 4.69) is 30.4 Å². The molecule has 0 saturated carbocycles. The molecule has 0 radical (unpaired) electrons. The Labute approximate surface area is 166 Å². The number of methoxy groups -OCH3 is 1. The van der Waals surface area contributed by atoms with E-state index in [1.165, 1.54) is 13.4 Å². The van der Waals surface area contributed by atoms with E-state index in [1.54, 1.807) is 17.4 Å². The van der Waals surface area contributed by atoms with E-state index < -0.39 is 0 Å². The van der Waals surface area contributed by atoms with Crippen molar-refractivity contribution in [3.63, 3.8) is 0 Å². The average Bonchev–Trinajstić information content (AvgIpc) is 3.29. The lowest BCUT2D eigenvalue weighted by atomic mass is 9.97. The Morgan fingerprint density at radius 2 is 2.21 bits per heavy atom. The van der Waals surface area contributed by atoms with Gasteiger partial charge in [0.2, 0.25) is 11.8 Å². The normalized spacial score (nSPS) is 16.6. The van der Waals surface area contributed by atoms with Crippen LogP contribution in [0.25, 0.3) is 10.6 Å². The van der Waals surface area contributed by atoms with Crippen molar-refractivity contribution in [3.8, 4) is 16.5 Å². The second kappa shape index (κ2) is 8.30. The van der Waals surface area contributed by atoms with Crippen LogP contribution in [0.3, 0.4) is 0 Å². The zero-order valence-corrected chi connectivity index (χ0v) is 16.2. The van der Waals surface area contributed by atoms with Crippen LogP contribution in [0.1, 0.15) is 12.8 Å². The molecule has 1 N–H and O–H groups in total. The number of anilines is 2. The van der Waals surface area contributed by atoms with Gasteiger partial charge in [0, 0.05) is 19.2 Å². The Kier molecular flexibility index (Phi) is 5.43. The summed E-state index contributed by atoms with van der Waals surface area (Å²) in [6.07, 6.45) is 3.11. The molecule has 0 aliphatic carbocycles. The number of hydrogen-bond donors (Lipinski definition) is 1. The number of hydrogen-bond acceptors (Lipinski definition) is 8. The summed E-state index contributed by atoms with van der Waals surface area (Å²) in [6.45, 7) is 1.46. The van der Waals surface area contributed by atoms with Crippen molar-refractivity contribution in [3.05, 3.63) is 42.0 Å². The predicted octanol–water partition coefficient (Wildman–Crippen LogP) is 2.86. The van der Waals surface area contributed by atoms with Crippen LogP contribution >= 0.6 is 11.3 Å². The summed E-state index contributed by atoms with van der Waals surface area (Å²) in [4.78, 5) is 23.9. The van der Waals surface area contributed by atoms with Crippen molar-refractivity contribution >= 4 is 28.9 Å². The van der Waals surface area contributed by atoms with Gasteiger partial charge < -0.3 is 15.0 Å². The predicted molar refractivity (Wildman–Crippen MR) is 107 cm³/mol. The highest BCUT2D eigenvalue weighted by Gasteiger charge is 2.27. The molecule has 1 aliphatic rings. The molecule has 1 saturated heterocycles. The van der Waals surface area contributed by atoms with E-state index >= 15 is 0 Å². The maximum atomic E-state index is 12.7. The highest BCUT2D eigenvalue weighted by molar-refractivity contribution is 7.13. The quantitative estimate of drug-likeness (QED) is 0.709. The van der Waals surface area contributed by atoms with Gasteiger partial charge in [-0.05, 0) is 36.4 Å². The lowest BCUT2D eigenvalue weighted by Gasteiger charge is -2.32. The van der Waals surface area contributed by atoms with Crippen LogP contribution in [0.4, 0.5) is 11.6 Å². The van der Waals surface area contributed by atoms with Crippen LogP contribution in [0, 0.1) is 5.92 Å². The van der Waals surface area contributed by atoms with Crippen LogP contribution in [-0.2, 0) is 4.79 Å².